The predicted octanol–water partition coefficient (Wildman–Crippen LogP) is 5.14. The van der Waals surface area contributed by atoms with Gasteiger partial charge in [0.15, 0.2) is 11.5 Å². The Morgan fingerprint density at radius 1 is 0.919 bits per heavy atom. The molecule has 9 nitrogen and oxygen atoms in total. The smallest absolute Gasteiger partial charge is 0.258 e. The number of aromatic nitrogens is 4. The van der Waals surface area contributed by atoms with Crippen LogP contribution in [0.5, 0.6) is 11.5 Å². The largest absolute Gasteiger partial charge is 0.493 e. The van der Waals surface area contributed by atoms with Gasteiger partial charge in [0.25, 0.3) is 5.91 Å². The van der Waals surface area contributed by atoms with Crippen LogP contribution in [0, 0.1) is 5.82 Å². The van der Waals surface area contributed by atoms with E-state index in [0.717, 1.165) is 5.56 Å². The maximum Gasteiger partial charge on any atom is 0.258 e. The van der Waals surface area contributed by atoms with Crippen LogP contribution >= 0.6 is 0 Å². The van der Waals surface area contributed by atoms with E-state index in [1.807, 2.05) is 30.3 Å². The molecule has 184 valence electrons. The van der Waals surface area contributed by atoms with E-state index in [0.29, 0.717) is 46.1 Å². The molecule has 0 saturated carbocycles. The summed E-state index contributed by atoms with van der Waals surface area (Å²) >= 11 is 0. The summed E-state index contributed by atoms with van der Waals surface area (Å²) in [5, 5.41) is 6.45. The Kier molecular flexibility index (Phi) is 6.80. The number of hydrogen-bond donors (Lipinski definition) is 2. The van der Waals surface area contributed by atoms with E-state index in [4.69, 9.17) is 9.47 Å². The lowest BCUT2D eigenvalue weighted by molar-refractivity contribution is 0.102. The molecule has 1 amide bonds. The number of nitrogens with one attached hydrogen (secondary N) is 2. The Bertz CT molecular complexity index is 1530. The summed E-state index contributed by atoms with van der Waals surface area (Å²) in [5.41, 5.74) is 2.53. The van der Waals surface area contributed by atoms with E-state index in [-0.39, 0.29) is 5.95 Å². The number of carbonyl (C=O) groups is 1. The first-order valence-electron chi connectivity index (χ1n) is 11.2. The van der Waals surface area contributed by atoms with Gasteiger partial charge < -0.3 is 14.8 Å². The van der Waals surface area contributed by atoms with Gasteiger partial charge in [-0.1, -0.05) is 30.3 Å². The number of carbonyl (C=O) groups excluding carboxylic acids is 1. The lowest BCUT2D eigenvalue weighted by atomic mass is 10.2. The number of halogens is 1. The molecule has 10 heteroatoms. The van der Waals surface area contributed by atoms with Crippen LogP contribution in [-0.4, -0.2) is 33.0 Å². The molecule has 0 aliphatic carbocycles. The molecule has 5 rings (SSSR count). The number of ether oxygens (including phenoxy) is 2. The molecule has 0 bridgehead atoms. The van der Waals surface area contributed by atoms with Crippen molar-refractivity contribution in [3.8, 4) is 11.5 Å². The van der Waals surface area contributed by atoms with Crippen molar-refractivity contribution in [3.05, 3.63) is 102 Å². The quantitative estimate of drug-likeness (QED) is 0.304. The van der Waals surface area contributed by atoms with Gasteiger partial charge in [-0.15, -0.1) is 0 Å². The molecule has 0 unspecified atom stereocenters. The third-order valence-electron chi connectivity index (χ3n) is 5.40. The molecule has 2 N–H and O–H groups in total. The van der Waals surface area contributed by atoms with Gasteiger partial charge in [0.1, 0.15) is 24.6 Å². The van der Waals surface area contributed by atoms with Gasteiger partial charge >= 0.3 is 0 Å². The molecule has 0 fully saturated rings. The second kappa shape index (κ2) is 10.6. The van der Waals surface area contributed by atoms with Crippen molar-refractivity contribution in [1.29, 1.82) is 0 Å². The summed E-state index contributed by atoms with van der Waals surface area (Å²) in [6, 6.07) is 18.6. The lowest BCUT2D eigenvalue weighted by Crippen LogP contribution is -2.14. The number of hydrogen-bond acceptors (Lipinski definition) is 8. The molecule has 2 aromatic heterocycles. The van der Waals surface area contributed by atoms with Crippen LogP contribution in [0.25, 0.3) is 10.9 Å². The van der Waals surface area contributed by atoms with Crippen molar-refractivity contribution >= 4 is 34.3 Å². The number of nitrogens with zero attached hydrogens (tertiary/aromatic N) is 4. The van der Waals surface area contributed by atoms with Gasteiger partial charge in [-0.25, -0.2) is 24.3 Å². The normalized spacial score (nSPS) is 10.6. The highest BCUT2D eigenvalue weighted by Gasteiger charge is 2.13. The van der Waals surface area contributed by atoms with Crippen molar-refractivity contribution in [3.63, 3.8) is 0 Å². The Hall–Kier alpha value is -5.12. The molecule has 0 aliphatic rings. The zero-order valence-corrected chi connectivity index (χ0v) is 19.7. The van der Waals surface area contributed by atoms with E-state index in [9.17, 15) is 9.18 Å². The highest BCUT2D eigenvalue weighted by atomic mass is 19.1. The fourth-order valence-electron chi connectivity index (χ4n) is 3.54. The third-order valence-corrected chi connectivity index (χ3v) is 5.40. The van der Waals surface area contributed by atoms with Crippen LogP contribution in [0.2, 0.25) is 0 Å². The third kappa shape index (κ3) is 5.59. The minimum atomic E-state index is -0.445. The molecular formula is C27H21FN6O3. The molecule has 5 aromatic rings. The van der Waals surface area contributed by atoms with E-state index in [1.54, 1.807) is 19.2 Å². The number of rotatable bonds is 8. The summed E-state index contributed by atoms with van der Waals surface area (Å²) in [4.78, 5) is 29.3. The first-order chi connectivity index (χ1) is 18.1. The highest BCUT2D eigenvalue weighted by molar-refractivity contribution is 6.03. The molecule has 0 saturated heterocycles. The monoisotopic (exact) mass is 496 g/mol. The Labute approximate surface area is 211 Å². The van der Waals surface area contributed by atoms with E-state index in [1.165, 1.54) is 43.0 Å². The van der Waals surface area contributed by atoms with Crippen molar-refractivity contribution in [2.75, 3.05) is 17.7 Å². The van der Waals surface area contributed by atoms with Gasteiger partial charge in [-0.05, 0) is 35.9 Å². The Morgan fingerprint density at radius 3 is 2.41 bits per heavy atom. The maximum absolute atomic E-state index is 13.1. The summed E-state index contributed by atoms with van der Waals surface area (Å²) < 4.78 is 24.6. The van der Waals surface area contributed by atoms with E-state index >= 15 is 0 Å². The summed E-state index contributed by atoms with van der Waals surface area (Å²) in [5.74, 6) is 0.859. The number of fused-ring (bicyclic) bond motifs is 1. The molecule has 0 radical (unpaired) electrons. The molecular weight excluding hydrogens is 475 g/mol. The Balaban J connectivity index is 1.32. The zero-order valence-electron chi connectivity index (χ0n) is 19.7. The minimum absolute atomic E-state index is 0.106. The summed E-state index contributed by atoms with van der Waals surface area (Å²) in [7, 11) is 1.57. The van der Waals surface area contributed by atoms with Gasteiger partial charge in [-0.2, -0.15) is 0 Å². The SMILES string of the molecule is COc1cc2c(Nc3cnc(NC(=O)c4ccc(F)cc4)nc3)ncnc2cc1OCc1ccccc1. The van der Waals surface area contributed by atoms with Gasteiger partial charge in [0.05, 0.1) is 30.7 Å². The number of methoxy groups -OCH3 is 1. The molecule has 0 atom stereocenters. The van der Waals surface area contributed by atoms with Crippen molar-refractivity contribution < 1.29 is 18.7 Å². The minimum Gasteiger partial charge on any atom is -0.493 e. The highest BCUT2D eigenvalue weighted by Crippen LogP contribution is 2.35. The second-order valence-corrected chi connectivity index (χ2v) is 7.90. The van der Waals surface area contributed by atoms with Crippen LogP contribution < -0.4 is 20.1 Å². The fraction of sp³-hybridized carbons (Fsp3) is 0.0741. The lowest BCUT2D eigenvalue weighted by Gasteiger charge is -2.14. The zero-order chi connectivity index (χ0) is 25.6. The molecule has 37 heavy (non-hydrogen) atoms. The standard InChI is InChI=1S/C27H21FN6O3/c1-36-23-11-21-22(12-24(23)37-15-17-5-3-2-4-6-17)31-16-32-25(21)33-20-13-29-27(30-14-20)34-26(35)18-7-9-19(28)10-8-18/h2-14,16H,15H2,1H3,(H,31,32,33)(H,29,30,34,35). The Morgan fingerprint density at radius 2 is 1.68 bits per heavy atom. The molecule has 3 aromatic carbocycles. The number of benzene rings is 3. The van der Waals surface area contributed by atoms with Gasteiger partial charge in [0, 0.05) is 17.0 Å². The number of amides is 1. The molecule has 2 heterocycles. The van der Waals surface area contributed by atoms with Crippen LogP contribution in [0.3, 0.4) is 0 Å². The average molecular weight is 497 g/mol. The van der Waals surface area contributed by atoms with Crippen LogP contribution in [0.15, 0.2) is 85.5 Å². The maximum atomic E-state index is 13.1. The van der Waals surface area contributed by atoms with Crippen molar-refractivity contribution in [2.45, 2.75) is 6.61 Å². The second-order valence-electron chi connectivity index (χ2n) is 7.90. The average Bonchev–Trinajstić information content (AvgIpc) is 2.93. The van der Waals surface area contributed by atoms with Gasteiger partial charge in [0.2, 0.25) is 5.95 Å². The summed E-state index contributed by atoms with van der Waals surface area (Å²) in [6.07, 6.45) is 4.46. The van der Waals surface area contributed by atoms with Gasteiger partial charge in [-0.3, -0.25) is 10.1 Å². The van der Waals surface area contributed by atoms with Crippen molar-refractivity contribution in [1.82, 2.24) is 19.9 Å². The predicted molar refractivity (Wildman–Crippen MR) is 137 cm³/mol. The molecule has 0 aliphatic heterocycles. The number of anilines is 3. The fourth-order valence-corrected chi connectivity index (χ4v) is 3.54. The van der Waals surface area contributed by atoms with Crippen molar-refractivity contribution in [2.24, 2.45) is 0 Å². The van der Waals surface area contributed by atoms with Crippen LogP contribution in [0.4, 0.5) is 21.8 Å². The first kappa shape index (κ1) is 23.6. The van der Waals surface area contributed by atoms with E-state index in [2.05, 4.69) is 30.6 Å². The molecule has 0 spiro atoms. The topological polar surface area (TPSA) is 111 Å². The first-order valence-corrected chi connectivity index (χ1v) is 11.2. The van der Waals surface area contributed by atoms with E-state index < -0.39 is 11.7 Å². The summed E-state index contributed by atoms with van der Waals surface area (Å²) in [6.45, 7) is 0.389. The van der Waals surface area contributed by atoms with Crippen LogP contribution in [0.1, 0.15) is 15.9 Å². The van der Waals surface area contributed by atoms with Crippen LogP contribution in [-0.2, 0) is 6.61 Å².